The molecule has 7 heteroatoms. The summed E-state index contributed by atoms with van der Waals surface area (Å²) in [6.45, 7) is 5.40. The number of ether oxygens (including phenoxy) is 4. The largest absolute Gasteiger partial charge is 0.493 e. The minimum atomic E-state index is 0.762. The minimum absolute atomic E-state index is 0.762. The molecule has 0 saturated carbocycles. The van der Waals surface area contributed by atoms with Gasteiger partial charge in [0.05, 0.1) is 28.4 Å². The summed E-state index contributed by atoms with van der Waals surface area (Å²) in [5.74, 6) is 3.13. The van der Waals surface area contributed by atoms with Gasteiger partial charge in [0.2, 0.25) is 0 Å². The van der Waals surface area contributed by atoms with Crippen LogP contribution in [-0.2, 0) is 13.1 Å². The number of hydrogen-bond donors (Lipinski definition) is 3. The summed E-state index contributed by atoms with van der Waals surface area (Å²) < 4.78 is 21.6. The standard InChI is InChI=1S/C24H37N3O4/c1-28-21-11-5-9-19(23(21)30-3)17-26-15-7-13-25-14-8-16-27-18-20-10-6-12-22(29-2)24(20)31-4/h5-6,9-12,25-27H,7-8,13-18H2,1-4H3. The zero-order chi connectivity index (χ0) is 22.3. The van der Waals surface area contributed by atoms with Gasteiger partial charge in [0.25, 0.3) is 0 Å². The van der Waals surface area contributed by atoms with Crippen molar-refractivity contribution in [1.82, 2.24) is 16.0 Å². The van der Waals surface area contributed by atoms with Crippen LogP contribution in [0.4, 0.5) is 0 Å². The summed E-state index contributed by atoms with van der Waals surface area (Å²) in [4.78, 5) is 0. The first-order valence-corrected chi connectivity index (χ1v) is 10.8. The first-order valence-electron chi connectivity index (χ1n) is 10.8. The smallest absolute Gasteiger partial charge is 0.165 e. The van der Waals surface area contributed by atoms with Crippen LogP contribution in [0.5, 0.6) is 23.0 Å². The molecule has 0 aromatic heterocycles. The van der Waals surface area contributed by atoms with Gasteiger partial charge in [-0.1, -0.05) is 24.3 Å². The Labute approximate surface area is 186 Å². The third-order valence-electron chi connectivity index (χ3n) is 5.01. The molecule has 2 aromatic rings. The van der Waals surface area contributed by atoms with E-state index in [2.05, 4.69) is 28.1 Å². The maximum Gasteiger partial charge on any atom is 0.165 e. The molecule has 0 radical (unpaired) electrons. The molecule has 0 unspecified atom stereocenters. The minimum Gasteiger partial charge on any atom is -0.493 e. The van der Waals surface area contributed by atoms with Crippen molar-refractivity contribution in [3.63, 3.8) is 0 Å². The molecule has 7 nitrogen and oxygen atoms in total. The number of hydrogen-bond acceptors (Lipinski definition) is 7. The molecule has 0 amide bonds. The maximum atomic E-state index is 5.47. The van der Waals surface area contributed by atoms with Crippen LogP contribution in [-0.4, -0.2) is 54.6 Å². The van der Waals surface area contributed by atoms with Crippen LogP contribution in [0, 0.1) is 0 Å². The van der Waals surface area contributed by atoms with E-state index in [0.29, 0.717) is 0 Å². The first-order chi connectivity index (χ1) is 15.2. The van der Waals surface area contributed by atoms with Crippen molar-refractivity contribution in [3.8, 4) is 23.0 Å². The lowest BCUT2D eigenvalue weighted by molar-refractivity contribution is 0.350. The number of methoxy groups -OCH3 is 4. The highest BCUT2D eigenvalue weighted by Crippen LogP contribution is 2.31. The van der Waals surface area contributed by atoms with E-state index in [-0.39, 0.29) is 0 Å². The van der Waals surface area contributed by atoms with Crippen LogP contribution < -0.4 is 34.9 Å². The van der Waals surface area contributed by atoms with E-state index in [9.17, 15) is 0 Å². The predicted octanol–water partition coefficient (Wildman–Crippen LogP) is 2.97. The molecule has 31 heavy (non-hydrogen) atoms. The van der Waals surface area contributed by atoms with Gasteiger partial charge >= 0.3 is 0 Å². The van der Waals surface area contributed by atoms with Gasteiger partial charge in [-0.2, -0.15) is 0 Å². The monoisotopic (exact) mass is 431 g/mol. The van der Waals surface area contributed by atoms with Crippen LogP contribution in [0.2, 0.25) is 0 Å². The Morgan fingerprint density at radius 3 is 1.35 bits per heavy atom. The topological polar surface area (TPSA) is 73.0 Å². The number of para-hydroxylation sites is 2. The lowest BCUT2D eigenvalue weighted by Gasteiger charge is -2.13. The van der Waals surface area contributed by atoms with Crippen molar-refractivity contribution in [3.05, 3.63) is 47.5 Å². The summed E-state index contributed by atoms with van der Waals surface area (Å²) >= 11 is 0. The Morgan fingerprint density at radius 1 is 0.548 bits per heavy atom. The SMILES string of the molecule is COc1cccc(CNCCCNCCCNCc2cccc(OC)c2OC)c1OC. The summed E-state index contributed by atoms with van der Waals surface area (Å²) in [6.07, 6.45) is 2.14. The van der Waals surface area contributed by atoms with Crippen LogP contribution in [0.15, 0.2) is 36.4 Å². The third kappa shape index (κ3) is 7.94. The molecule has 0 fully saturated rings. The van der Waals surface area contributed by atoms with E-state index in [4.69, 9.17) is 18.9 Å². The molecule has 2 rings (SSSR count). The van der Waals surface area contributed by atoms with Gasteiger partial charge in [-0.25, -0.2) is 0 Å². The molecule has 2 aromatic carbocycles. The fourth-order valence-corrected chi connectivity index (χ4v) is 3.43. The molecule has 3 N–H and O–H groups in total. The normalized spacial score (nSPS) is 10.7. The van der Waals surface area contributed by atoms with E-state index in [1.54, 1.807) is 28.4 Å². The molecule has 0 heterocycles. The Kier molecular flexibility index (Phi) is 11.6. The molecule has 0 aliphatic carbocycles. The van der Waals surface area contributed by atoms with Crippen molar-refractivity contribution in [2.45, 2.75) is 25.9 Å². The van der Waals surface area contributed by atoms with Gasteiger partial charge in [0, 0.05) is 24.2 Å². The van der Waals surface area contributed by atoms with Crippen molar-refractivity contribution in [2.75, 3.05) is 54.6 Å². The van der Waals surface area contributed by atoms with E-state index in [1.807, 2.05) is 24.3 Å². The average molecular weight is 432 g/mol. The molecule has 172 valence electrons. The van der Waals surface area contributed by atoms with Gasteiger partial charge in [-0.15, -0.1) is 0 Å². The number of nitrogens with one attached hydrogen (secondary N) is 3. The molecule has 0 atom stereocenters. The molecule has 0 aliphatic heterocycles. The summed E-state index contributed by atoms with van der Waals surface area (Å²) in [5.41, 5.74) is 2.21. The van der Waals surface area contributed by atoms with Crippen LogP contribution in [0.25, 0.3) is 0 Å². The zero-order valence-electron chi connectivity index (χ0n) is 19.3. The summed E-state index contributed by atoms with van der Waals surface area (Å²) in [7, 11) is 6.67. The van der Waals surface area contributed by atoms with E-state index in [1.165, 1.54) is 0 Å². The Hall–Kier alpha value is -2.48. The number of rotatable bonds is 16. The van der Waals surface area contributed by atoms with Gasteiger partial charge in [0.15, 0.2) is 23.0 Å². The van der Waals surface area contributed by atoms with Gasteiger partial charge in [0.1, 0.15) is 0 Å². The van der Waals surface area contributed by atoms with Gasteiger partial charge in [-0.3, -0.25) is 0 Å². The van der Waals surface area contributed by atoms with Gasteiger partial charge < -0.3 is 34.9 Å². The highest BCUT2D eigenvalue weighted by molar-refractivity contribution is 5.47. The highest BCUT2D eigenvalue weighted by Gasteiger charge is 2.09. The van der Waals surface area contributed by atoms with Crippen molar-refractivity contribution < 1.29 is 18.9 Å². The second kappa shape index (κ2) is 14.5. The average Bonchev–Trinajstić information content (AvgIpc) is 2.81. The molecule has 0 saturated heterocycles. The second-order valence-corrected chi connectivity index (χ2v) is 7.12. The molecule has 0 bridgehead atoms. The zero-order valence-corrected chi connectivity index (χ0v) is 19.3. The number of benzene rings is 2. The Bertz CT molecular complexity index is 707. The van der Waals surface area contributed by atoms with Crippen molar-refractivity contribution in [2.24, 2.45) is 0 Å². The quantitative estimate of drug-likeness (QED) is 0.353. The first kappa shape index (κ1) is 24.8. The molecular formula is C24H37N3O4. The third-order valence-corrected chi connectivity index (χ3v) is 5.01. The lowest BCUT2D eigenvalue weighted by Crippen LogP contribution is -2.25. The summed E-state index contributed by atoms with van der Waals surface area (Å²) in [5, 5.41) is 10.4. The molecule has 0 spiro atoms. The molecular weight excluding hydrogens is 394 g/mol. The van der Waals surface area contributed by atoms with Crippen LogP contribution in [0.1, 0.15) is 24.0 Å². The fourth-order valence-electron chi connectivity index (χ4n) is 3.43. The molecule has 0 aliphatic rings. The van der Waals surface area contributed by atoms with E-state index in [0.717, 1.165) is 86.2 Å². The second-order valence-electron chi connectivity index (χ2n) is 7.12. The Morgan fingerprint density at radius 2 is 0.968 bits per heavy atom. The highest BCUT2D eigenvalue weighted by atomic mass is 16.5. The van der Waals surface area contributed by atoms with Crippen molar-refractivity contribution in [1.29, 1.82) is 0 Å². The predicted molar refractivity (Wildman–Crippen MR) is 125 cm³/mol. The summed E-state index contributed by atoms with van der Waals surface area (Å²) in [6, 6.07) is 11.9. The van der Waals surface area contributed by atoms with E-state index >= 15 is 0 Å². The van der Waals surface area contributed by atoms with Crippen LogP contribution in [0.3, 0.4) is 0 Å². The lowest BCUT2D eigenvalue weighted by atomic mass is 10.2. The van der Waals surface area contributed by atoms with E-state index < -0.39 is 0 Å². The van der Waals surface area contributed by atoms with Gasteiger partial charge in [-0.05, 0) is 51.2 Å². The fraction of sp³-hybridized carbons (Fsp3) is 0.500. The Balaban J connectivity index is 1.52. The maximum absolute atomic E-state index is 5.47. The van der Waals surface area contributed by atoms with Crippen molar-refractivity contribution >= 4 is 0 Å². The van der Waals surface area contributed by atoms with Crippen LogP contribution >= 0.6 is 0 Å².